The average molecular weight is 266 g/mol. The first-order chi connectivity index (χ1) is 9.72. The molecule has 0 amide bonds. The lowest BCUT2D eigenvalue weighted by Gasteiger charge is -2.07. The Bertz CT molecular complexity index is 710. The molecule has 0 heterocycles. The normalized spacial score (nSPS) is 9.25. The van der Waals surface area contributed by atoms with E-state index < -0.39 is 0 Å². The van der Waals surface area contributed by atoms with Crippen molar-refractivity contribution in [3.05, 3.63) is 48.0 Å². The fraction of sp³-hybridized carbons (Fsp3) is 0.0667. The molecule has 0 saturated heterocycles. The molecule has 2 aromatic carbocycles. The van der Waals surface area contributed by atoms with Gasteiger partial charge in [-0.1, -0.05) is 0 Å². The smallest absolute Gasteiger partial charge is 0.240 e. The van der Waals surface area contributed by atoms with Gasteiger partial charge in [-0.3, -0.25) is 0 Å². The van der Waals surface area contributed by atoms with Gasteiger partial charge < -0.3 is 4.74 Å². The summed E-state index contributed by atoms with van der Waals surface area (Å²) in [4.78, 5) is 27.4. The minimum Gasteiger partial charge on any atom is -0.457 e. The number of nitrogens with zero attached hydrogens (tertiary/aromatic N) is 2. The Balaban J connectivity index is 2.19. The quantitative estimate of drug-likeness (QED) is 0.625. The Morgan fingerprint density at radius 2 is 1.55 bits per heavy atom. The summed E-state index contributed by atoms with van der Waals surface area (Å²) in [6.07, 6.45) is 2.98. The summed E-state index contributed by atoms with van der Waals surface area (Å²) in [5, 5.41) is 0. The SMILES string of the molecule is Cc1cc(Oc2ccc(N=C=O)cc2)ccc1N=C=O. The fourth-order valence-corrected chi connectivity index (χ4v) is 1.64. The average Bonchev–Trinajstić information content (AvgIpc) is 2.44. The van der Waals surface area contributed by atoms with Gasteiger partial charge in [-0.2, -0.15) is 9.98 Å². The number of carbonyl (C=O) groups excluding carboxylic acids is 2. The van der Waals surface area contributed by atoms with Crippen LogP contribution in [0.5, 0.6) is 11.5 Å². The third-order valence-corrected chi connectivity index (χ3v) is 2.58. The summed E-state index contributed by atoms with van der Waals surface area (Å²) in [5.74, 6) is 1.24. The highest BCUT2D eigenvalue weighted by Crippen LogP contribution is 2.28. The molecule has 2 rings (SSSR count). The van der Waals surface area contributed by atoms with Gasteiger partial charge in [0, 0.05) is 0 Å². The van der Waals surface area contributed by atoms with Gasteiger partial charge in [-0.25, -0.2) is 9.59 Å². The van der Waals surface area contributed by atoms with Crippen molar-refractivity contribution in [3.8, 4) is 11.5 Å². The predicted molar refractivity (Wildman–Crippen MR) is 73.3 cm³/mol. The molecule has 0 spiro atoms. The number of hydrogen-bond acceptors (Lipinski definition) is 5. The van der Waals surface area contributed by atoms with Crippen molar-refractivity contribution in [2.75, 3.05) is 0 Å². The predicted octanol–water partition coefficient (Wildman–Crippen LogP) is 3.72. The van der Waals surface area contributed by atoms with E-state index in [4.69, 9.17) is 4.74 Å². The zero-order valence-electron chi connectivity index (χ0n) is 10.7. The Kier molecular flexibility index (Phi) is 4.20. The number of hydrogen-bond donors (Lipinski definition) is 0. The van der Waals surface area contributed by atoms with Gasteiger partial charge >= 0.3 is 0 Å². The van der Waals surface area contributed by atoms with Gasteiger partial charge in [0.05, 0.1) is 11.4 Å². The number of aliphatic imine (C=N–C) groups is 2. The van der Waals surface area contributed by atoms with E-state index in [-0.39, 0.29) is 0 Å². The molecule has 0 aliphatic heterocycles. The van der Waals surface area contributed by atoms with Crippen LogP contribution in [0.1, 0.15) is 5.56 Å². The van der Waals surface area contributed by atoms with Gasteiger partial charge in [0.25, 0.3) is 0 Å². The second-order valence-corrected chi connectivity index (χ2v) is 3.95. The van der Waals surface area contributed by atoms with Crippen LogP contribution >= 0.6 is 0 Å². The van der Waals surface area contributed by atoms with Gasteiger partial charge in [-0.05, 0) is 55.0 Å². The highest BCUT2D eigenvalue weighted by molar-refractivity contribution is 5.56. The van der Waals surface area contributed by atoms with Crippen molar-refractivity contribution >= 4 is 23.5 Å². The maximum Gasteiger partial charge on any atom is 0.240 e. The molecule has 2 aromatic rings. The van der Waals surface area contributed by atoms with Gasteiger partial charge in [-0.15, -0.1) is 0 Å². The molecule has 0 unspecified atom stereocenters. The van der Waals surface area contributed by atoms with Crippen LogP contribution in [0.4, 0.5) is 11.4 Å². The van der Waals surface area contributed by atoms with Crippen molar-refractivity contribution in [2.45, 2.75) is 6.92 Å². The van der Waals surface area contributed by atoms with E-state index in [1.165, 1.54) is 12.2 Å². The third-order valence-electron chi connectivity index (χ3n) is 2.58. The van der Waals surface area contributed by atoms with E-state index in [1.807, 2.05) is 6.92 Å². The van der Waals surface area contributed by atoms with E-state index in [0.29, 0.717) is 22.9 Å². The maximum absolute atomic E-state index is 10.2. The zero-order chi connectivity index (χ0) is 14.4. The molecule has 0 radical (unpaired) electrons. The zero-order valence-corrected chi connectivity index (χ0v) is 10.7. The van der Waals surface area contributed by atoms with Crippen molar-refractivity contribution < 1.29 is 14.3 Å². The van der Waals surface area contributed by atoms with Crippen LogP contribution in [0.2, 0.25) is 0 Å². The summed E-state index contributed by atoms with van der Waals surface area (Å²) in [6.45, 7) is 1.82. The van der Waals surface area contributed by atoms with Crippen molar-refractivity contribution in [1.82, 2.24) is 0 Å². The lowest BCUT2D eigenvalue weighted by molar-refractivity contribution is 0.482. The van der Waals surface area contributed by atoms with Gasteiger partial charge in [0.15, 0.2) is 0 Å². The molecule has 0 aromatic heterocycles. The topological polar surface area (TPSA) is 68.1 Å². The number of rotatable bonds is 4. The number of benzene rings is 2. The summed E-state index contributed by atoms with van der Waals surface area (Å²) >= 11 is 0. The van der Waals surface area contributed by atoms with Crippen molar-refractivity contribution in [3.63, 3.8) is 0 Å². The molecule has 5 heteroatoms. The Hall–Kier alpha value is -3.00. The van der Waals surface area contributed by atoms with Crippen LogP contribution < -0.4 is 4.74 Å². The lowest BCUT2D eigenvalue weighted by atomic mass is 10.2. The lowest BCUT2D eigenvalue weighted by Crippen LogP contribution is -1.85. The molecule has 0 aliphatic carbocycles. The van der Waals surface area contributed by atoms with Crippen LogP contribution in [0.25, 0.3) is 0 Å². The van der Waals surface area contributed by atoms with E-state index in [9.17, 15) is 9.59 Å². The fourth-order valence-electron chi connectivity index (χ4n) is 1.64. The maximum atomic E-state index is 10.2. The first kappa shape index (κ1) is 13.4. The number of ether oxygens (including phenoxy) is 1. The molecular formula is C15H10N2O3. The minimum absolute atomic E-state index is 0.513. The minimum atomic E-state index is 0.513. The second kappa shape index (κ2) is 6.25. The van der Waals surface area contributed by atoms with Gasteiger partial charge in [0.2, 0.25) is 12.2 Å². The molecule has 20 heavy (non-hydrogen) atoms. The first-order valence-corrected chi connectivity index (χ1v) is 5.77. The monoisotopic (exact) mass is 266 g/mol. The first-order valence-electron chi connectivity index (χ1n) is 5.77. The molecule has 0 saturated carbocycles. The highest BCUT2D eigenvalue weighted by atomic mass is 16.5. The van der Waals surface area contributed by atoms with Crippen LogP contribution in [-0.2, 0) is 9.59 Å². The molecule has 0 fully saturated rings. The van der Waals surface area contributed by atoms with E-state index in [2.05, 4.69) is 9.98 Å². The Morgan fingerprint density at radius 1 is 0.900 bits per heavy atom. The molecule has 0 N–H and O–H groups in total. The largest absolute Gasteiger partial charge is 0.457 e. The van der Waals surface area contributed by atoms with Crippen LogP contribution in [-0.4, -0.2) is 12.2 Å². The Labute approximate surface area is 115 Å². The molecule has 0 atom stereocenters. The highest BCUT2D eigenvalue weighted by Gasteiger charge is 2.02. The molecule has 0 aliphatic rings. The van der Waals surface area contributed by atoms with Crippen LogP contribution in [0, 0.1) is 6.92 Å². The second-order valence-electron chi connectivity index (χ2n) is 3.95. The molecular weight excluding hydrogens is 256 g/mol. The summed E-state index contributed by atoms with van der Waals surface area (Å²) in [5.41, 5.74) is 1.88. The molecule has 98 valence electrons. The van der Waals surface area contributed by atoms with E-state index >= 15 is 0 Å². The van der Waals surface area contributed by atoms with E-state index in [0.717, 1.165) is 5.56 Å². The summed E-state index contributed by atoms with van der Waals surface area (Å²) in [6, 6.07) is 11.9. The van der Waals surface area contributed by atoms with Crippen molar-refractivity contribution in [1.29, 1.82) is 0 Å². The third kappa shape index (κ3) is 3.27. The standard InChI is InChI=1S/C15H10N2O3/c1-11-8-14(6-7-15(11)17-10-19)20-13-4-2-12(3-5-13)16-9-18/h2-8H,1H3. The van der Waals surface area contributed by atoms with Gasteiger partial charge in [0.1, 0.15) is 11.5 Å². The molecule has 0 bridgehead atoms. The van der Waals surface area contributed by atoms with Crippen molar-refractivity contribution in [2.24, 2.45) is 9.98 Å². The number of aryl methyl sites for hydroxylation is 1. The molecule has 5 nitrogen and oxygen atoms in total. The van der Waals surface area contributed by atoms with E-state index in [1.54, 1.807) is 42.5 Å². The summed E-state index contributed by atoms with van der Waals surface area (Å²) in [7, 11) is 0. The Morgan fingerprint density at radius 3 is 2.15 bits per heavy atom. The van der Waals surface area contributed by atoms with Crippen LogP contribution in [0.15, 0.2) is 52.4 Å². The number of isocyanates is 2. The summed E-state index contributed by atoms with van der Waals surface area (Å²) < 4.78 is 5.65. The van der Waals surface area contributed by atoms with Crippen LogP contribution in [0.3, 0.4) is 0 Å².